The number of nitrogens with two attached hydrogens (primary N) is 1. The Kier molecular flexibility index (Phi) is 2.56. The van der Waals surface area contributed by atoms with Gasteiger partial charge in [0.1, 0.15) is 5.69 Å². The van der Waals surface area contributed by atoms with Gasteiger partial charge in [-0.15, -0.1) is 0 Å². The monoisotopic (exact) mass is 218 g/mol. The maximum atomic E-state index is 6.01. The molecule has 1 aromatic heterocycles. The van der Waals surface area contributed by atoms with Crippen LogP contribution in [0.5, 0.6) is 11.5 Å². The molecule has 0 aliphatic rings. The van der Waals surface area contributed by atoms with Gasteiger partial charge in [0.2, 0.25) is 0 Å². The molecule has 84 valence electrons. The van der Waals surface area contributed by atoms with Crippen LogP contribution in [-0.4, -0.2) is 19.2 Å². The van der Waals surface area contributed by atoms with Crippen LogP contribution < -0.4 is 15.2 Å². The maximum Gasteiger partial charge on any atom is 0.186 e. The molecule has 0 aliphatic heterocycles. The van der Waals surface area contributed by atoms with Crippen molar-refractivity contribution < 1.29 is 9.47 Å². The zero-order valence-corrected chi connectivity index (χ0v) is 9.57. The number of benzene rings is 1. The third kappa shape index (κ3) is 1.43. The molecule has 0 unspecified atom stereocenters. The Bertz CT molecular complexity index is 538. The first-order chi connectivity index (χ1) is 7.69. The number of aryl methyl sites for hydroxylation is 1. The highest BCUT2D eigenvalue weighted by molar-refractivity contribution is 5.96. The SMILES string of the molecule is COc1cc2c(C)ccnc2c(N)c1OC. The van der Waals surface area contributed by atoms with Crippen LogP contribution in [0.3, 0.4) is 0 Å². The van der Waals surface area contributed by atoms with E-state index in [0.717, 1.165) is 16.5 Å². The zero-order valence-electron chi connectivity index (χ0n) is 9.57. The summed E-state index contributed by atoms with van der Waals surface area (Å²) in [6, 6.07) is 3.83. The molecule has 0 bridgehead atoms. The molecule has 1 heterocycles. The van der Waals surface area contributed by atoms with Crippen LogP contribution in [0.4, 0.5) is 5.69 Å². The summed E-state index contributed by atoms with van der Waals surface area (Å²) in [4.78, 5) is 4.27. The van der Waals surface area contributed by atoms with Gasteiger partial charge in [0.25, 0.3) is 0 Å². The van der Waals surface area contributed by atoms with E-state index >= 15 is 0 Å². The highest BCUT2D eigenvalue weighted by Gasteiger charge is 2.14. The van der Waals surface area contributed by atoms with Crippen molar-refractivity contribution in [2.24, 2.45) is 0 Å². The third-order valence-electron chi connectivity index (χ3n) is 2.63. The number of anilines is 1. The second kappa shape index (κ2) is 3.89. The van der Waals surface area contributed by atoms with E-state index in [4.69, 9.17) is 15.2 Å². The first-order valence-corrected chi connectivity index (χ1v) is 4.94. The Labute approximate surface area is 94.0 Å². The molecule has 4 nitrogen and oxygen atoms in total. The minimum atomic E-state index is 0.514. The largest absolute Gasteiger partial charge is 0.493 e. The summed E-state index contributed by atoms with van der Waals surface area (Å²) in [5.41, 5.74) is 8.38. The van der Waals surface area contributed by atoms with Crippen molar-refractivity contribution in [1.29, 1.82) is 0 Å². The zero-order chi connectivity index (χ0) is 11.7. The molecule has 0 amide bonds. The van der Waals surface area contributed by atoms with Crippen molar-refractivity contribution in [2.45, 2.75) is 6.92 Å². The van der Waals surface area contributed by atoms with E-state index < -0.39 is 0 Å². The summed E-state index contributed by atoms with van der Waals surface area (Å²) in [6.07, 6.45) is 1.74. The molecule has 0 saturated carbocycles. The second-order valence-corrected chi connectivity index (χ2v) is 3.55. The van der Waals surface area contributed by atoms with E-state index in [9.17, 15) is 0 Å². The number of fused-ring (bicyclic) bond motifs is 1. The molecule has 2 aromatic rings. The molecule has 0 atom stereocenters. The Morgan fingerprint density at radius 3 is 2.62 bits per heavy atom. The smallest absolute Gasteiger partial charge is 0.186 e. The van der Waals surface area contributed by atoms with Gasteiger partial charge < -0.3 is 15.2 Å². The number of methoxy groups -OCH3 is 2. The van der Waals surface area contributed by atoms with E-state index in [0.29, 0.717) is 17.2 Å². The lowest BCUT2D eigenvalue weighted by molar-refractivity contribution is 0.357. The van der Waals surface area contributed by atoms with E-state index in [1.165, 1.54) is 0 Å². The molecule has 0 aliphatic carbocycles. The molecule has 2 N–H and O–H groups in total. The molecule has 0 radical (unpaired) electrons. The van der Waals surface area contributed by atoms with Crippen molar-refractivity contribution >= 4 is 16.6 Å². The van der Waals surface area contributed by atoms with Gasteiger partial charge in [0.15, 0.2) is 11.5 Å². The van der Waals surface area contributed by atoms with E-state index in [2.05, 4.69) is 4.98 Å². The Morgan fingerprint density at radius 2 is 2.00 bits per heavy atom. The second-order valence-electron chi connectivity index (χ2n) is 3.55. The van der Waals surface area contributed by atoms with Crippen molar-refractivity contribution in [1.82, 2.24) is 4.98 Å². The van der Waals surface area contributed by atoms with Crippen LogP contribution in [0.1, 0.15) is 5.56 Å². The standard InChI is InChI=1S/C12H14N2O2/c1-7-4-5-14-11-8(7)6-9(15-2)12(16-3)10(11)13/h4-6H,13H2,1-3H3. The topological polar surface area (TPSA) is 57.4 Å². The molecular formula is C12H14N2O2. The summed E-state index contributed by atoms with van der Waals surface area (Å²) in [6.45, 7) is 2.01. The molecule has 4 heteroatoms. The van der Waals surface area contributed by atoms with Crippen LogP contribution in [-0.2, 0) is 0 Å². The minimum Gasteiger partial charge on any atom is -0.493 e. The summed E-state index contributed by atoms with van der Waals surface area (Å²) in [5, 5.41) is 0.984. The van der Waals surface area contributed by atoms with Gasteiger partial charge in [-0.3, -0.25) is 4.98 Å². The molecule has 2 rings (SSSR count). The number of rotatable bonds is 2. The fourth-order valence-electron chi connectivity index (χ4n) is 1.77. The first kappa shape index (κ1) is 10.5. The summed E-state index contributed by atoms with van der Waals surface area (Å²) in [7, 11) is 3.16. The quantitative estimate of drug-likeness (QED) is 0.784. The van der Waals surface area contributed by atoms with Crippen LogP contribution in [0.2, 0.25) is 0 Å². The van der Waals surface area contributed by atoms with Gasteiger partial charge in [-0.25, -0.2) is 0 Å². The van der Waals surface area contributed by atoms with E-state index in [1.54, 1.807) is 20.4 Å². The lowest BCUT2D eigenvalue weighted by Crippen LogP contribution is -1.99. The Hall–Kier alpha value is -1.97. The molecule has 0 fully saturated rings. The predicted octanol–water partition coefficient (Wildman–Crippen LogP) is 2.14. The minimum absolute atomic E-state index is 0.514. The van der Waals surface area contributed by atoms with Crippen LogP contribution in [0, 0.1) is 6.92 Å². The molecular weight excluding hydrogens is 204 g/mol. The number of hydrogen-bond donors (Lipinski definition) is 1. The molecule has 1 aromatic carbocycles. The molecule has 16 heavy (non-hydrogen) atoms. The number of nitrogens with zero attached hydrogens (tertiary/aromatic N) is 1. The van der Waals surface area contributed by atoms with Gasteiger partial charge in [-0.1, -0.05) is 0 Å². The summed E-state index contributed by atoms with van der Waals surface area (Å²) < 4.78 is 10.5. The Morgan fingerprint density at radius 1 is 1.25 bits per heavy atom. The van der Waals surface area contributed by atoms with Crippen LogP contribution in [0.15, 0.2) is 18.3 Å². The lowest BCUT2D eigenvalue weighted by atomic mass is 10.1. The van der Waals surface area contributed by atoms with Crippen molar-refractivity contribution in [3.05, 3.63) is 23.9 Å². The average molecular weight is 218 g/mol. The number of hydrogen-bond acceptors (Lipinski definition) is 4. The van der Waals surface area contributed by atoms with Crippen molar-refractivity contribution in [3.8, 4) is 11.5 Å². The van der Waals surface area contributed by atoms with E-state index in [-0.39, 0.29) is 0 Å². The van der Waals surface area contributed by atoms with Crippen molar-refractivity contribution in [3.63, 3.8) is 0 Å². The number of ether oxygens (including phenoxy) is 2. The summed E-state index contributed by atoms with van der Waals surface area (Å²) in [5.74, 6) is 1.16. The number of aromatic nitrogens is 1. The average Bonchev–Trinajstić information content (AvgIpc) is 2.30. The number of pyridine rings is 1. The maximum absolute atomic E-state index is 6.01. The fraction of sp³-hybridized carbons (Fsp3) is 0.250. The number of nitrogen functional groups attached to an aromatic ring is 1. The van der Waals surface area contributed by atoms with Gasteiger partial charge in [-0.05, 0) is 24.6 Å². The molecule has 0 spiro atoms. The van der Waals surface area contributed by atoms with Gasteiger partial charge in [0, 0.05) is 11.6 Å². The first-order valence-electron chi connectivity index (χ1n) is 4.94. The highest BCUT2D eigenvalue weighted by atomic mass is 16.5. The normalized spacial score (nSPS) is 10.4. The lowest BCUT2D eigenvalue weighted by Gasteiger charge is -2.13. The predicted molar refractivity (Wildman–Crippen MR) is 64.0 cm³/mol. The van der Waals surface area contributed by atoms with Gasteiger partial charge in [0.05, 0.1) is 19.7 Å². The highest BCUT2D eigenvalue weighted by Crippen LogP contribution is 2.39. The van der Waals surface area contributed by atoms with Crippen LogP contribution >= 0.6 is 0 Å². The van der Waals surface area contributed by atoms with Crippen LogP contribution in [0.25, 0.3) is 10.9 Å². The van der Waals surface area contributed by atoms with Crippen molar-refractivity contribution in [2.75, 3.05) is 20.0 Å². The third-order valence-corrected chi connectivity index (χ3v) is 2.63. The van der Waals surface area contributed by atoms with Gasteiger partial charge >= 0.3 is 0 Å². The fourth-order valence-corrected chi connectivity index (χ4v) is 1.77. The molecule has 0 saturated heterocycles. The van der Waals surface area contributed by atoms with Gasteiger partial charge in [-0.2, -0.15) is 0 Å². The summed E-state index contributed by atoms with van der Waals surface area (Å²) >= 11 is 0. The van der Waals surface area contributed by atoms with E-state index in [1.807, 2.05) is 19.1 Å². The Balaban J connectivity index is 2.87.